The van der Waals surface area contributed by atoms with E-state index in [1.807, 2.05) is 61.5 Å². The van der Waals surface area contributed by atoms with Crippen molar-refractivity contribution in [1.29, 1.82) is 0 Å². The van der Waals surface area contributed by atoms with Crippen molar-refractivity contribution in [2.75, 3.05) is 24.1 Å². The molecule has 2 atom stereocenters. The van der Waals surface area contributed by atoms with Crippen LogP contribution in [0.3, 0.4) is 0 Å². The van der Waals surface area contributed by atoms with Gasteiger partial charge in [-0.15, -0.1) is 0 Å². The van der Waals surface area contributed by atoms with Crippen LogP contribution in [0, 0.1) is 0 Å². The minimum absolute atomic E-state index is 0.0926. The summed E-state index contributed by atoms with van der Waals surface area (Å²) in [5.41, 5.74) is 3.80. The van der Waals surface area contributed by atoms with Gasteiger partial charge < -0.3 is 25.0 Å². The van der Waals surface area contributed by atoms with Crippen molar-refractivity contribution in [3.63, 3.8) is 0 Å². The van der Waals surface area contributed by atoms with Crippen LogP contribution >= 0.6 is 0 Å². The van der Waals surface area contributed by atoms with Crippen molar-refractivity contribution >= 4 is 21.7 Å². The number of sulfonamides is 1. The van der Waals surface area contributed by atoms with Crippen LogP contribution in [0.25, 0.3) is 11.1 Å². The highest BCUT2D eigenvalue weighted by molar-refractivity contribution is 7.92. The molecular weight excluding hydrogens is 556 g/mol. The van der Waals surface area contributed by atoms with Crippen molar-refractivity contribution < 1.29 is 32.9 Å². The molecule has 2 unspecified atom stereocenters. The first kappa shape index (κ1) is 30.6. The van der Waals surface area contributed by atoms with Crippen molar-refractivity contribution in [1.82, 2.24) is 5.32 Å². The fourth-order valence-electron chi connectivity index (χ4n) is 4.16. The number of aliphatic hydroxyl groups excluding tert-OH is 1. The largest absolute Gasteiger partial charge is 0.492 e. The van der Waals surface area contributed by atoms with Crippen LogP contribution in [0.15, 0.2) is 97.1 Å². The summed E-state index contributed by atoms with van der Waals surface area (Å²) in [5.74, 6) is 0.0761. The second-order valence-corrected chi connectivity index (χ2v) is 11.7. The van der Waals surface area contributed by atoms with Gasteiger partial charge in [-0.1, -0.05) is 60.7 Å². The SMILES string of the molecule is CC(COc1ccc(-c2ccc(C(=O)O)cc2)cc1)NCC(O)c1ccc(OCc2ccccc2)c(NS(C)(=O)=O)c1. The molecule has 4 rings (SSSR count). The minimum atomic E-state index is -3.57. The van der Waals surface area contributed by atoms with Crippen molar-refractivity contribution in [3.8, 4) is 22.6 Å². The average Bonchev–Trinajstić information content (AvgIpc) is 2.98. The van der Waals surface area contributed by atoms with Gasteiger partial charge in [0.05, 0.1) is 23.6 Å². The van der Waals surface area contributed by atoms with Crippen LogP contribution in [-0.4, -0.2) is 50.0 Å². The molecule has 0 saturated carbocycles. The monoisotopic (exact) mass is 590 g/mol. The second-order valence-electron chi connectivity index (χ2n) is 9.95. The maximum absolute atomic E-state index is 12.0. The number of rotatable bonds is 14. The van der Waals surface area contributed by atoms with E-state index in [1.165, 1.54) is 0 Å². The lowest BCUT2D eigenvalue weighted by molar-refractivity contribution is 0.0697. The van der Waals surface area contributed by atoms with E-state index in [2.05, 4.69) is 10.0 Å². The van der Waals surface area contributed by atoms with Gasteiger partial charge >= 0.3 is 5.97 Å². The van der Waals surface area contributed by atoms with Crippen molar-refractivity contribution in [3.05, 3.63) is 114 Å². The normalized spacial score (nSPS) is 12.7. The Morgan fingerprint density at radius 1 is 0.881 bits per heavy atom. The van der Waals surface area contributed by atoms with E-state index in [0.29, 0.717) is 23.7 Å². The molecular formula is C32H34N2O7S. The summed E-state index contributed by atoms with van der Waals surface area (Å²) in [7, 11) is -3.57. The number of aliphatic hydroxyl groups is 1. The second kappa shape index (κ2) is 14.0. The lowest BCUT2D eigenvalue weighted by Gasteiger charge is -2.20. The molecule has 4 N–H and O–H groups in total. The van der Waals surface area contributed by atoms with E-state index in [1.54, 1.807) is 42.5 Å². The molecule has 0 radical (unpaired) electrons. The van der Waals surface area contributed by atoms with Crippen LogP contribution in [0.2, 0.25) is 0 Å². The molecule has 4 aromatic carbocycles. The zero-order valence-corrected chi connectivity index (χ0v) is 24.2. The lowest BCUT2D eigenvalue weighted by Crippen LogP contribution is -2.34. The maximum atomic E-state index is 12.0. The fourth-order valence-corrected chi connectivity index (χ4v) is 4.71. The van der Waals surface area contributed by atoms with Crippen LogP contribution in [0.1, 0.15) is 34.5 Å². The molecule has 0 heterocycles. The zero-order valence-electron chi connectivity index (χ0n) is 23.4. The summed E-state index contributed by atoms with van der Waals surface area (Å²) in [6.07, 6.45) is 0.161. The molecule has 0 aliphatic heterocycles. The number of anilines is 1. The number of nitrogens with one attached hydrogen (secondary N) is 2. The molecule has 0 saturated heterocycles. The number of carboxylic acid groups (broad SMARTS) is 1. The van der Waals surface area contributed by atoms with Crippen molar-refractivity contribution in [2.24, 2.45) is 0 Å². The van der Waals surface area contributed by atoms with E-state index in [4.69, 9.17) is 14.6 Å². The first-order chi connectivity index (χ1) is 20.1. The molecule has 220 valence electrons. The maximum Gasteiger partial charge on any atom is 0.335 e. The van der Waals surface area contributed by atoms with E-state index >= 15 is 0 Å². The Morgan fingerprint density at radius 3 is 2.14 bits per heavy atom. The van der Waals surface area contributed by atoms with E-state index in [9.17, 15) is 18.3 Å². The molecule has 0 aliphatic carbocycles. The molecule has 0 aromatic heterocycles. The molecule has 0 aliphatic rings. The highest BCUT2D eigenvalue weighted by Crippen LogP contribution is 2.30. The summed E-state index contributed by atoms with van der Waals surface area (Å²) in [4.78, 5) is 11.0. The van der Waals surface area contributed by atoms with Gasteiger partial charge in [0.15, 0.2) is 0 Å². The van der Waals surface area contributed by atoms with E-state index in [0.717, 1.165) is 22.9 Å². The third kappa shape index (κ3) is 9.07. The Hall–Kier alpha value is -4.38. The van der Waals surface area contributed by atoms with E-state index < -0.39 is 22.1 Å². The summed E-state index contributed by atoms with van der Waals surface area (Å²) in [5, 5.41) is 23.1. The Labute approximate surface area is 245 Å². The summed E-state index contributed by atoms with van der Waals surface area (Å²) in [6, 6.07) is 28.5. The average molecular weight is 591 g/mol. The van der Waals surface area contributed by atoms with Crippen LogP contribution < -0.4 is 19.5 Å². The van der Waals surface area contributed by atoms with Gasteiger partial charge in [-0.05, 0) is 65.6 Å². The Kier molecular flexibility index (Phi) is 10.2. The number of hydrogen-bond donors (Lipinski definition) is 4. The summed E-state index contributed by atoms with van der Waals surface area (Å²) >= 11 is 0. The number of carboxylic acids is 1. The van der Waals surface area contributed by atoms with Crippen LogP contribution in [0.4, 0.5) is 5.69 Å². The van der Waals surface area contributed by atoms with Gasteiger partial charge in [0.2, 0.25) is 10.0 Å². The lowest BCUT2D eigenvalue weighted by atomic mass is 10.0. The Balaban J connectivity index is 1.30. The zero-order chi connectivity index (χ0) is 30.1. The molecule has 10 heteroatoms. The topological polar surface area (TPSA) is 134 Å². The summed E-state index contributed by atoms with van der Waals surface area (Å²) in [6.45, 7) is 2.77. The number of benzene rings is 4. The number of carbonyl (C=O) groups is 1. The highest BCUT2D eigenvalue weighted by atomic mass is 32.2. The van der Waals surface area contributed by atoms with Gasteiger partial charge in [0.25, 0.3) is 0 Å². The van der Waals surface area contributed by atoms with Gasteiger partial charge in [-0.25, -0.2) is 13.2 Å². The van der Waals surface area contributed by atoms with Crippen LogP contribution in [0.5, 0.6) is 11.5 Å². The number of aromatic carboxylic acids is 1. The minimum Gasteiger partial charge on any atom is -0.492 e. The third-order valence-corrected chi connectivity index (χ3v) is 6.99. The predicted octanol–water partition coefficient (Wildman–Crippen LogP) is 5.09. The molecule has 0 fully saturated rings. The van der Waals surface area contributed by atoms with E-state index in [-0.39, 0.29) is 30.4 Å². The molecule has 9 nitrogen and oxygen atoms in total. The standard InChI is InChI=1S/C32H34N2O7S/c1-22(20-40-28-15-12-25(13-16-28)24-8-10-26(11-9-24)32(36)37)33-19-30(35)27-14-17-31(29(18-27)34-42(2,38)39)41-21-23-6-4-3-5-7-23/h3-18,22,30,33-35H,19-21H2,1-2H3,(H,36,37). The first-order valence-electron chi connectivity index (χ1n) is 13.3. The van der Waals surface area contributed by atoms with Crippen LogP contribution in [-0.2, 0) is 16.6 Å². The number of hydrogen-bond acceptors (Lipinski definition) is 7. The highest BCUT2D eigenvalue weighted by Gasteiger charge is 2.16. The predicted molar refractivity (Wildman–Crippen MR) is 162 cm³/mol. The fraction of sp³-hybridized carbons (Fsp3) is 0.219. The molecule has 0 spiro atoms. The molecule has 4 aromatic rings. The Bertz CT molecular complexity index is 1580. The van der Waals surface area contributed by atoms with Gasteiger partial charge in [-0.2, -0.15) is 0 Å². The first-order valence-corrected chi connectivity index (χ1v) is 15.2. The molecule has 0 amide bonds. The van der Waals surface area contributed by atoms with Gasteiger partial charge in [0, 0.05) is 12.6 Å². The number of ether oxygens (including phenoxy) is 2. The van der Waals surface area contributed by atoms with Crippen molar-refractivity contribution in [2.45, 2.75) is 25.7 Å². The molecule has 42 heavy (non-hydrogen) atoms. The third-order valence-electron chi connectivity index (χ3n) is 6.40. The van der Waals surface area contributed by atoms with Gasteiger partial charge in [0.1, 0.15) is 24.7 Å². The quantitative estimate of drug-likeness (QED) is 0.160. The molecule has 0 bridgehead atoms. The Morgan fingerprint density at radius 2 is 1.52 bits per heavy atom. The van der Waals surface area contributed by atoms with Gasteiger partial charge in [-0.3, -0.25) is 4.72 Å². The summed E-state index contributed by atoms with van der Waals surface area (Å²) < 4.78 is 38.1. The smallest absolute Gasteiger partial charge is 0.335 e.